The summed E-state index contributed by atoms with van der Waals surface area (Å²) in [5, 5.41) is 10.0. The van der Waals surface area contributed by atoms with E-state index >= 15 is 0 Å². The summed E-state index contributed by atoms with van der Waals surface area (Å²) in [4.78, 5) is 18.1. The van der Waals surface area contributed by atoms with Gasteiger partial charge in [0.05, 0.1) is 23.4 Å². The van der Waals surface area contributed by atoms with Crippen LogP contribution in [0.5, 0.6) is 0 Å². The molecule has 0 aliphatic carbocycles. The summed E-state index contributed by atoms with van der Waals surface area (Å²) in [6.45, 7) is 3.34. The zero-order chi connectivity index (χ0) is 19.3. The number of nitrogens with zero attached hydrogens (tertiary/aromatic N) is 2. The lowest BCUT2D eigenvalue weighted by Crippen LogP contribution is -2.36. The SMILES string of the molecule is O=C(O)CC/C(=C/c1ccc(N2CCOCC2)cc1)c1nc2ccccc2s1. The number of rotatable bonds is 6. The van der Waals surface area contributed by atoms with E-state index in [0.717, 1.165) is 52.7 Å². The van der Waals surface area contributed by atoms with Gasteiger partial charge in [0.25, 0.3) is 0 Å². The third-order valence-electron chi connectivity index (χ3n) is 4.79. The second-order valence-electron chi connectivity index (χ2n) is 6.74. The maximum atomic E-state index is 11.1. The van der Waals surface area contributed by atoms with Gasteiger partial charge in [-0.25, -0.2) is 4.98 Å². The van der Waals surface area contributed by atoms with Crippen molar-refractivity contribution in [2.45, 2.75) is 12.8 Å². The Morgan fingerprint density at radius 1 is 1.11 bits per heavy atom. The number of carboxylic acid groups (broad SMARTS) is 1. The lowest BCUT2D eigenvalue weighted by Gasteiger charge is -2.28. The molecule has 1 fully saturated rings. The highest BCUT2D eigenvalue weighted by molar-refractivity contribution is 7.19. The van der Waals surface area contributed by atoms with Crippen molar-refractivity contribution in [2.24, 2.45) is 0 Å². The number of ether oxygens (including phenoxy) is 1. The number of fused-ring (bicyclic) bond motifs is 1. The lowest BCUT2D eigenvalue weighted by atomic mass is 10.1. The number of hydrogen-bond acceptors (Lipinski definition) is 5. The number of hydrogen-bond donors (Lipinski definition) is 1. The maximum Gasteiger partial charge on any atom is 0.303 e. The smallest absolute Gasteiger partial charge is 0.303 e. The van der Waals surface area contributed by atoms with Crippen molar-refractivity contribution in [1.29, 1.82) is 0 Å². The van der Waals surface area contributed by atoms with E-state index in [2.05, 4.69) is 35.2 Å². The number of aliphatic carboxylic acids is 1. The molecular formula is C22H22N2O3S. The summed E-state index contributed by atoms with van der Waals surface area (Å²) in [6.07, 6.45) is 2.61. The predicted octanol–water partition coefficient (Wildman–Crippen LogP) is 4.54. The Bertz CT molecular complexity index is 955. The predicted molar refractivity (Wildman–Crippen MR) is 114 cm³/mol. The highest BCUT2D eigenvalue weighted by Gasteiger charge is 2.13. The van der Waals surface area contributed by atoms with Gasteiger partial charge in [-0.05, 0) is 47.9 Å². The van der Waals surface area contributed by atoms with Gasteiger partial charge in [-0.2, -0.15) is 0 Å². The number of carbonyl (C=O) groups is 1. The third-order valence-corrected chi connectivity index (χ3v) is 5.90. The second-order valence-corrected chi connectivity index (χ2v) is 7.77. The first-order valence-electron chi connectivity index (χ1n) is 9.40. The number of para-hydroxylation sites is 1. The molecule has 0 bridgehead atoms. The minimum atomic E-state index is -0.797. The van der Waals surface area contributed by atoms with Gasteiger partial charge in [0.1, 0.15) is 5.01 Å². The minimum Gasteiger partial charge on any atom is -0.481 e. The van der Waals surface area contributed by atoms with Gasteiger partial charge >= 0.3 is 5.97 Å². The summed E-state index contributed by atoms with van der Waals surface area (Å²) < 4.78 is 6.53. The van der Waals surface area contributed by atoms with Gasteiger partial charge in [-0.1, -0.05) is 24.3 Å². The zero-order valence-electron chi connectivity index (χ0n) is 15.5. The first-order valence-corrected chi connectivity index (χ1v) is 10.2. The molecule has 5 nitrogen and oxygen atoms in total. The minimum absolute atomic E-state index is 0.0909. The molecule has 0 unspecified atom stereocenters. The van der Waals surface area contributed by atoms with Crippen LogP contribution in [-0.4, -0.2) is 42.4 Å². The van der Waals surface area contributed by atoms with Crippen LogP contribution >= 0.6 is 11.3 Å². The van der Waals surface area contributed by atoms with Crippen LogP contribution in [0.1, 0.15) is 23.4 Å². The monoisotopic (exact) mass is 394 g/mol. The van der Waals surface area contributed by atoms with Crippen LogP contribution in [0.3, 0.4) is 0 Å². The van der Waals surface area contributed by atoms with E-state index in [1.54, 1.807) is 11.3 Å². The molecule has 2 heterocycles. The summed E-state index contributed by atoms with van der Waals surface area (Å²) >= 11 is 1.61. The van der Waals surface area contributed by atoms with Gasteiger partial charge in [-0.3, -0.25) is 4.79 Å². The molecule has 1 aliphatic heterocycles. The van der Waals surface area contributed by atoms with Crippen LogP contribution in [-0.2, 0) is 9.53 Å². The molecule has 0 spiro atoms. The van der Waals surface area contributed by atoms with Crippen LogP contribution in [0.25, 0.3) is 21.9 Å². The summed E-state index contributed by atoms with van der Waals surface area (Å²) in [5.74, 6) is -0.797. The van der Waals surface area contributed by atoms with Crippen LogP contribution in [0.15, 0.2) is 48.5 Å². The summed E-state index contributed by atoms with van der Waals surface area (Å²) in [7, 11) is 0. The van der Waals surface area contributed by atoms with Gasteiger partial charge in [0.15, 0.2) is 0 Å². The number of allylic oxidation sites excluding steroid dienone is 1. The first kappa shape index (κ1) is 18.7. The van der Waals surface area contributed by atoms with Crippen molar-refractivity contribution < 1.29 is 14.6 Å². The van der Waals surface area contributed by atoms with Crippen molar-refractivity contribution in [1.82, 2.24) is 4.98 Å². The Labute approximate surface area is 167 Å². The van der Waals surface area contributed by atoms with E-state index in [1.807, 2.05) is 24.3 Å². The van der Waals surface area contributed by atoms with Crippen molar-refractivity contribution in [3.8, 4) is 0 Å². The van der Waals surface area contributed by atoms with Gasteiger partial charge in [0, 0.05) is 25.2 Å². The Morgan fingerprint density at radius 2 is 1.86 bits per heavy atom. The number of aromatic nitrogens is 1. The van der Waals surface area contributed by atoms with Crippen molar-refractivity contribution in [3.63, 3.8) is 0 Å². The fourth-order valence-electron chi connectivity index (χ4n) is 3.30. The number of carboxylic acids is 1. The zero-order valence-corrected chi connectivity index (χ0v) is 16.3. The van der Waals surface area contributed by atoms with Gasteiger partial charge in [0.2, 0.25) is 0 Å². The molecule has 28 heavy (non-hydrogen) atoms. The standard InChI is InChI=1S/C22H22N2O3S/c25-21(26)10-7-17(22-23-19-3-1-2-4-20(19)28-22)15-16-5-8-18(9-6-16)24-11-13-27-14-12-24/h1-6,8-9,15H,7,10-14H2,(H,25,26)/b17-15-. The second kappa shape index (κ2) is 8.54. The number of thiazole rings is 1. The van der Waals surface area contributed by atoms with Crippen molar-refractivity contribution in [3.05, 3.63) is 59.1 Å². The Balaban J connectivity index is 1.61. The fraction of sp³-hybridized carbons (Fsp3) is 0.273. The first-order chi connectivity index (χ1) is 13.7. The highest BCUT2D eigenvalue weighted by Crippen LogP contribution is 2.31. The van der Waals surface area contributed by atoms with Crippen molar-refractivity contribution in [2.75, 3.05) is 31.2 Å². The van der Waals surface area contributed by atoms with E-state index in [0.29, 0.717) is 6.42 Å². The molecule has 0 amide bonds. The molecule has 0 atom stereocenters. The largest absolute Gasteiger partial charge is 0.481 e. The Hall–Kier alpha value is -2.70. The molecule has 3 aromatic rings. The van der Waals surface area contributed by atoms with E-state index in [4.69, 9.17) is 14.8 Å². The molecule has 0 radical (unpaired) electrons. The third kappa shape index (κ3) is 4.40. The summed E-state index contributed by atoms with van der Waals surface area (Å²) in [5.41, 5.74) is 4.15. The molecule has 1 aliphatic rings. The molecule has 4 rings (SSSR count). The van der Waals surface area contributed by atoms with Crippen molar-refractivity contribution >= 4 is 44.9 Å². The average molecular weight is 394 g/mol. The normalized spacial score (nSPS) is 15.1. The number of benzene rings is 2. The topological polar surface area (TPSA) is 62.7 Å². The van der Waals surface area contributed by atoms with E-state index in [9.17, 15) is 4.79 Å². The molecule has 1 saturated heterocycles. The van der Waals surface area contributed by atoms with Crippen LogP contribution < -0.4 is 4.90 Å². The molecule has 0 saturated carbocycles. The lowest BCUT2D eigenvalue weighted by molar-refractivity contribution is -0.136. The Morgan fingerprint density at radius 3 is 2.57 bits per heavy atom. The molecular weight excluding hydrogens is 372 g/mol. The molecule has 144 valence electrons. The molecule has 1 N–H and O–H groups in total. The average Bonchev–Trinajstić information content (AvgIpc) is 3.16. The Kier molecular flexibility index (Phi) is 5.69. The summed E-state index contributed by atoms with van der Waals surface area (Å²) in [6, 6.07) is 16.4. The van der Waals surface area contributed by atoms with Gasteiger partial charge < -0.3 is 14.7 Å². The van der Waals surface area contributed by atoms with Crippen LogP contribution in [0.2, 0.25) is 0 Å². The maximum absolute atomic E-state index is 11.1. The molecule has 6 heteroatoms. The number of anilines is 1. The number of morpholine rings is 1. The molecule has 1 aromatic heterocycles. The van der Waals surface area contributed by atoms with E-state index in [1.165, 1.54) is 5.69 Å². The van der Waals surface area contributed by atoms with Crippen LogP contribution in [0.4, 0.5) is 5.69 Å². The van der Waals surface area contributed by atoms with Crippen LogP contribution in [0, 0.1) is 0 Å². The molecule has 2 aromatic carbocycles. The highest BCUT2D eigenvalue weighted by atomic mass is 32.1. The quantitative estimate of drug-likeness (QED) is 0.665. The van der Waals surface area contributed by atoms with E-state index in [-0.39, 0.29) is 6.42 Å². The van der Waals surface area contributed by atoms with Gasteiger partial charge in [-0.15, -0.1) is 11.3 Å². The van der Waals surface area contributed by atoms with E-state index < -0.39 is 5.97 Å². The fourth-order valence-corrected chi connectivity index (χ4v) is 4.31.